The van der Waals surface area contributed by atoms with E-state index in [1.807, 2.05) is 54.0 Å². The number of ether oxygens (including phenoxy) is 1. The summed E-state index contributed by atoms with van der Waals surface area (Å²) < 4.78 is 7.34. The Morgan fingerprint density at radius 1 is 1.18 bits per heavy atom. The highest BCUT2D eigenvalue weighted by atomic mass is 16.5. The molecule has 1 heterocycles. The maximum Gasteiger partial charge on any atom is 0.224 e. The van der Waals surface area contributed by atoms with Gasteiger partial charge >= 0.3 is 0 Å². The Kier molecular flexibility index (Phi) is 5.67. The molecule has 1 amide bonds. The number of hydrogen-bond acceptors (Lipinski definition) is 3. The van der Waals surface area contributed by atoms with Crippen LogP contribution in [-0.2, 0) is 11.3 Å². The van der Waals surface area contributed by atoms with Crippen LogP contribution in [0.3, 0.4) is 0 Å². The number of aryl methyl sites for hydroxylation is 1. The van der Waals surface area contributed by atoms with Gasteiger partial charge in [-0.2, -0.15) is 5.26 Å². The molecule has 0 saturated carbocycles. The maximum atomic E-state index is 11.6. The molecule has 0 saturated heterocycles. The third-order valence-corrected chi connectivity index (χ3v) is 4.49. The Balaban J connectivity index is 2.08. The minimum atomic E-state index is -0.0445. The molecule has 3 rings (SSSR count). The number of benzene rings is 2. The molecule has 0 aliphatic carbocycles. The second kappa shape index (κ2) is 8.33. The molecule has 28 heavy (non-hydrogen) atoms. The molecule has 5 nitrogen and oxygen atoms in total. The van der Waals surface area contributed by atoms with E-state index in [4.69, 9.17) is 4.74 Å². The number of fused-ring (bicyclic) bond motifs is 1. The van der Waals surface area contributed by atoms with E-state index in [0.29, 0.717) is 29.9 Å². The van der Waals surface area contributed by atoms with Crippen molar-refractivity contribution in [2.45, 2.75) is 26.8 Å². The molecular weight excluding hydrogens is 350 g/mol. The van der Waals surface area contributed by atoms with E-state index >= 15 is 0 Å². The number of hydrogen-bond donors (Lipinski definition) is 1. The molecule has 0 aliphatic rings. The molecule has 140 valence electrons. The number of rotatable bonds is 4. The number of nitriles is 1. The first kappa shape index (κ1) is 19.1. The molecule has 0 spiro atoms. The summed E-state index contributed by atoms with van der Waals surface area (Å²) >= 11 is 0. The van der Waals surface area contributed by atoms with Crippen LogP contribution in [0.5, 0.6) is 5.75 Å². The average molecular weight is 371 g/mol. The largest absolute Gasteiger partial charge is 0.497 e. The van der Waals surface area contributed by atoms with Crippen molar-refractivity contribution in [2.24, 2.45) is 0 Å². The Morgan fingerprint density at radius 3 is 2.68 bits per heavy atom. The number of carbonyl (C=O) groups is 1. The Hall–Kier alpha value is -3.70. The number of nitrogens with zero attached hydrogens (tertiary/aromatic N) is 2. The lowest BCUT2D eigenvalue weighted by atomic mass is 10.1. The molecule has 2 aromatic carbocycles. The zero-order valence-corrected chi connectivity index (χ0v) is 16.2. The zero-order valence-electron chi connectivity index (χ0n) is 16.2. The fourth-order valence-electron chi connectivity index (χ4n) is 3.08. The summed E-state index contributed by atoms with van der Waals surface area (Å²) in [5.41, 5.74) is 3.63. The molecule has 0 bridgehead atoms. The topological polar surface area (TPSA) is 67.1 Å². The zero-order chi connectivity index (χ0) is 20.1. The second-order valence-electron chi connectivity index (χ2n) is 6.20. The van der Waals surface area contributed by atoms with Crippen LogP contribution in [0.4, 0.5) is 5.69 Å². The van der Waals surface area contributed by atoms with Crippen LogP contribution in [0.25, 0.3) is 10.9 Å². The Morgan fingerprint density at radius 2 is 2.00 bits per heavy atom. The van der Waals surface area contributed by atoms with Gasteiger partial charge in [0.05, 0.1) is 18.2 Å². The van der Waals surface area contributed by atoms with Crippen molar-refractivity contribution in [1.82, 2.24) is 4.57 Å². The predicted molar refractivity (Wildman–Crippen MR) is 110 cm³/mol. The third-order valence-electron chi connectivity index (χ3n) is 4.49. The van der Waals surface area contributed by atoms with E-state index in [1.54, 1.807) is 14.0 Å². The van der Waals surface area contributed by atoms with Crippen molar-refractivity contribution >= 4 is 22.5 Å². The van der Waals surface area contributed by atoms with Gasteiger partial charge in [0.1, 0.15) is 17.5 Å². The number of methoxy groups -OCH3 is 1. The lowest BCUT2D eigenvalue weighted by Gasteiger charge is -2.05. The molecule has 1 N–H and O–H groups in total. The van der Waals surface area contributed by atoms with Crippen LogP contribution < -0.4 is 10.1 Å². The first-order valence-corrected chi connectivity index (χ1v) is 9.13. The summed E-state index contributed by atoms with van der Waals surface area (Å²) in [6.45, 7) is 4.51. The van der Waals surface area contributed by atoms with E-state index in [-0.39, 0.29) is 5.91 Å². The van der Waals surface area contributed by atoms with Gasteiger partial charge in [-0.25, -0.2) is 0 Å². The molecule has 0 atom stereocenters. The second-order valence-corrected chi connectivity index (χ2v) is 6.20. The summed E-state index contributed by atoms with van der Waals surface area (Å²) in [6, 6.07) is 15.3. The van der Waals surface area contributed by atoms with E-state index in [9.17, 15) is 10.1 Å². The summed E-state index contributed by atoms with van der Waals surface area (Å²) in [6.07, 6.45) is 0.418. The molecule has 0 fully saturated rings. The summed E-state index contributed by atoms with van der Waals surface area (Å²) in [4.78, 5) is 11.6. The predicted octanol–water partition coefficient (Wildman–Crippen LogP) is 4.29. The van der Waals surface area contributed by atoms with Gasteiger partial charge in [-0.3, -0.25) is 4.79 Å². The van der Waals surface area contributed by atoms with E-state index in [0.717, 1.165) is 22.2 Å². The highest BCUT2D eigenvalue weighted by molar-refractivity contribution is 5.91. The molecule has 0 unspecified atom stereocenters. The van der Waals surface area contributed by atoms with Gasteiger partial charge in [-0.15, -0.1) is 0 Å². The van der Waals surface area contributed by atoms with Crippen LogP contribution >= 0.6 is 0 Å². The Labute approximate surface area is 164 Å². The Bertz CT molecular complexity index is 1140. The van der Waals surface area contributed by atoms with Gasteiger partial charge in [0.15, 0.2) is 0 Å². The summed E-state index contributed by atoms with van der Waals surface area (Å²) in [5, 5.41) is 13.4. The molecule has 0 aliphatic heterocycles. The van der Waals surface area contributed by atoms with Crippen molar-refractivity contribution in [1.29, 1.82) is 5.26 Å². The molecule has 1 aromatic heterocycles. The highest BCUT2D eigenvalue weighted by Crippen LogP contribution is 2.29. The SMILES string of the molecule is CCC(=O)Nc1cccc(C#Cc2c(C#N)c3ccc(OC)cc3n2CC)c1. The summed E-state index contributed by atoms with van der Waals surface area (Å²) in [5.74, 6) is 6.98. The van der Waals surface area contributed by atoms with Crippen molar-refractivity contribution < 1.29 is 9.53 Å². The smallest absolute Gasteiger partial charge is 0.224 e. The average Bonchev–Trinajstić information content (AvgIpc) is 3.03. The van der Waals surface area contributed by atoms with E-state index in [1.165, 1.54) is 0 Å². The third kappa shape index (κ3) is 3.70. The van der Waals surface area contributed by atoms with Gasteiger partial charge in [0, 0.05) is 35.7 Å². The van der Waals surface area contributed by atoms with Crippen LogP contribution in [-0.4, -0.2) is 17.6 Å². The van der Waals surface area contributed by atoms with Gasteiger partial charge in [0.25, 0.3) is 0 Å². The molecule has 0 radical (unpaired) electrons. The van der Waals surface area contributed by atoms with Crippen molar-refractivity contribution in [3.05, 3.63) is 59.3 Å². The molecule has 3 aromatic rings. The van der Waals surface area contributed by atoms with Crippen LogP contribution in [0.15, 0.2) is 42.5 Å². The monoisotopic (exact) mass is 371 g/mol. The van der Waals surface area contributed by atoms with Crippen molar-refractivity contribution in [3.63, 3.8) is 0 Å². The number of aromatic nitrogens is 1. The van der Waals surface area contributed by atoms with Gasteiger partial charge < -0.3 is 14.6 Å². The lowest BCUT2D eigenvalue weighted by Crippen LogP contribution is -2.09. The maximum absolute atomic E-state index is 11.6. The fraction of sp³-hybridized carbons (Fsp3) is 0.217. The van der Waals surface area contributed by atoms with Gasteiger partial charge in [0.2, 0.25) is 5.91 Å². The van der Waals surface area contributed by atoms with E-state index in [2.05, 4.69) is 23.2 Å². The highest BCUT2D eigenvalue weighted by Gasteiger charge is 2.15. The lowest BCUT2D eigenvalue weighted by molar-refractivity contribution is -0.115. The number of anilines is 1. The van der Waals surface area contributed by atoms with Gasteiger partial charge in [-0.1, -0.05) is 18.9 Å². The molecule has 5 heteroatoms. The standard InChI is InChI=1S/C23H21N3O2/c1-4-23(27)25-17-8-6-7-16(13-17)9-12-21-20(15-24)19-11-10-18(28-3)14-22(19)26(21)5-2/h6-8,10-11,13-14H,4-5H2,1-3H3,(H,25,27). The summed E-state index contributed by atoms with van der Waals surface area (Å²) in [7, 11) is 1.62. The first-order chi connectivity index (χ1) is 13.6. The van der Waals surface area contributed by atoms with Crippen LogP contribution in [0.2, 0.25) is 0 Å². The van der Waals surface area contributed by atoms with E-state index < -0.39 is 0 Å². The normalized spacial score (nSPS) is 10.1. The van der Waals surface area contributed by atoms with Crippen molar-refractivity contribution in [2.75, 3.05) is 12.4 Å². The van der Waals surface area contributed by atoms with Crippen LogP contribution in [0, 0.1) is 23.2 Å². The first-order valence-electron chi connectivity index (χ1n) is 9.13. The fourth-order valence-corrected chi connectivity index (χ4v) is 3.08. The number of nitrogens with one attached hydrogen (secondary N) is 1. The molecular formula is C23H21N3O2. The number of carbonyl (C=O) groups excluding carboxylic acids is 1. The minimum absolute atomic E-state index is 0.0445. The van der Waals surface area contributed by atoms with Gasteiger partial charge in [-0.05, 0) is 43.2 Å². The van der Waals surface area contributed by atoms with Crippen LogP contribution in [0.1, 0.15) is 37.1 Å². The van der Waals surface area contributed by atoms with Crippen molar-refractivity contribution in [3.8, 4) is 23.7 Å². The number of amides is 1. The quantitative estimate of drug-likeness (QED) is 0.696. The minimum Gasteiger partial charge on any atom is -0.497 e.